The zero-order valence-corrected chi connectivity index (χ0v) is 11.9. The second-order valence-corrected chi connectivity index (χ2v) is 5.75. The molecule has 0 bridgehead atoms. The van der Waals surface area contributed by atoms with Crippen LogP contribution >= 0.6 is 0 Å². The van der Waals surface area contributed by atoms with Crippen LogP contribution in [0.1, 0.15) is 31.2 Å². The fourth-order valence-electron chi connectivity index (χ4n) is 3.09. The zero-order chi connectivity index (χ0) is 15.8. The highest BCUT2D eigenvalue weighted by molar-refractivity contribution is 6.06. The molecule has 0 aromatic heterocycles. The van der Waals surface area contributed by atoms with Crippen molar-refractivity contribution >= 4 is 11.8 Å². The van der Waals surface area contributed by atoms with Gasteiger partial charge in [-0.3, -0.25) is 5.43 Å². The summed E-state index contributed by atoms with van der Waals surface area (Å²) in [5.74, 6) is -1.05. The maximum Gasteiger partial charge on any atom is 0.438 e. The number of rotatable bonds is 1. The van der Waals surface area contributed by atoms with Crippen molar-refractivity contribution in [3.05, 3.63) is 41.5 Å². The standard InChI is InChI=1S/C16H17F3N2O/c17-16(18,19)15(22)13-9-5-4-8-12(14(13)20-21-15)10-11-6-2-1-3-7-11/h1-3,6-7,10,13,21-22H,4-5,8-9H2/b12-10+/t13-,15-/m1/s1. The summed E-state index contributed by atoms with van der Waals surface area (Å²) >= 11 is 0. The first-order valence-electron chi connectivity index (χ1n) is 7.31. The van der Waals surface area contributed by atoms with Gasteiger partial charge >= 0.3 is 6.18 Å². The fourth-order valence-corrected chi connectivity index (χ4v) is 3.09. The minimum Gasteiger partial charge on any atom is -0.362 e. The minimum absolute atomic E-state index is 0.272. The lowest BCUT2D eigenvalue weighted by Crippen LogP contribution is -2.58. The van der Waals surface area contributed by atoms with Gasteiger partial charge in [-0.25, -0.2) is 0 Å². The van der Waals surface area contributed by atoms with Crippen LogP contribution in [0, 0.1) is 5.92 Å². The number of halogens is 3. The summed E-state index contributed by atoms with van der Waals surface area (Å²) in [6.45, 7) is 0. The molecule has 22 heavy (non-hydrogen) atoms. The van der Waals surface area contributed by atoms with Crippen molar-refractivity contribution in [2.75, 3.05) is 0 Å². The number of nitrogens with zero attached hydrogens (tertiary/aromatic N) is 1. The van der Waals surface area contributed by atoms with Gasteiger partial charge in [-0.2, -0.15) is 18.3 Å². The lowest BCUT2D eigenvalue weighted by atomic mass is 9.86. The van der Waals surface area contributed by atoms with E-state index >= 15 is 0 Å². The summed E-state index contributed by atoms with van der Waals surface area (Å²) in [7, 11) is 0. The second-order valence-electron chi connectivity index (χ2n) is 5.75. The Kier molecular flexibility index (Phi) is 3.72. The maximum atomic E-state index is 13.2. The molecule has 0 spiro atoms. The molecule has 1 fully saturated rings. The molecule has 0 unspecified atom stereocenters. The number of allylic oxidation sites excluding steroid dienone is 1. The number of hydrazone groups is 1. The van der Waals surface area contributed by atoms with Crippen molar-refractivity contribution in [1.29, 1.82) is 0 Å². The monoisotopic (exact) mass is 310 g/mol. The van der Waals surface area contributed by atoms with Crippen LogP contribution in [-0.2, 0) is 0 Å². The van der Waals surface area contributed by atoms with Crippen molar-refractivity contribution in [1.82, 2.24) is 5.43 Å². The van der Waals surface area contributed by atoms with Gasteiger partial charge in [0.25, 0.3) is 5.72 Å². The van der Waals surface area contributed by atoms with E-state index in [0.29, 0.717) is 18.6 Å². The van der Waals surface area contributed by atoms with Crippen molar-refractivity contribution < 1.29 is 18.3 Å². The Bertz CT molecular complexity index is 610. The van der Waals surface area contributed by atoms with E-state index in [9.17, 15) is 18.3 Å². The average Bonchev–Trinajstić information content (AvgIpc) is 2.69. The van der Waals surface area contributed by atoms with Gasteiger partial charge < -0.3 is 5.11 Å². The first-order valence-corrected chi connectivity index (χ1v) is 7.31. The molecule has 2 aliphatic rings. The Morgan fingerprint density at radius 2 is 1.95 bits per heavy atom. The second kappa shape index (κ2) is 5.43. The van der Waals surface area contributed by atoms with E-state index < -0.39 is 17.8 Å². The molecular formula is C16H17F3N2O. The van der Waals surface area contributed by atoms with E-state index in [0.717, 1.165) is 17.6 Å². The van der Waals surface area contributed by atoms with E-state index in [-0.39, 0.29) is 6.42 Å². The van der Waals surface area contributed by atoms with Gasteiger partial charge in [-0.15, -0.1) is 0 Å². The summed E-state index contributed by atoms with van der Waals surface area (Å²) in [6, 6.07) is 9.43. The van der Waals surface area contributed by atoms with Crippen LogP contribution in [0.5, 0.6) is 0 Å². The van der Waals surface area contributed by atoms with E-state index in [1.54, 1.807) is 0 Å². The Balaban J connectivity index is 1.97. The molecule has 1 aliphatic carbocycles. The summed E-state index contributed by atoms with van der Waals surface area (Å²) < 4.78 is 39.6. The Morgan fingerprint density at radius 3 is 2.64 bits per heavy atom. The molecule has 1 aliphatic heterocycles. The summed E-state index contributed by atoms with van der Waals surface area (Å²) in [6.07, 6.45) is -0.530. The molecule has 1 aromatic rings. The highest BCUT2D eigenvalue weighted by Crippen LogP contribution is 2.43. The molecule has 6 heteroatoms. The molecule has 118 valence electrons. The Labute approximate surface area is 126 Å². The zero-order valence-electron chi connectivity index (χ0n) is 11.9. The van der Waals surface area contributed by atoms with E-state index in [1.807, 2.05) is 41.8 Å². The van der Waals surface area contributed by atoms with Crippen LogP contribution in [0.15, 0.2) is 41.0 Å². The lowest BCUT2D eigenvalue weighted by Gasteiger charge is -2.31. The van der Waals surface area contributed by atoms with Crippen LogP contribution in [0.2, 0.25) is 0 Å². The molecule has 3 nitrogen and oxygen atoms in total. The molecule has 3 rings (SSSR count). The maximum absolute atomic E-state index is 13.2. The third-order valence-corrected chi connectivity index (χ3v) is 4.27. The number of aliphatic hydroxyl groups is 1. The normalized spacial score (nSPS) is 30.5. The molecule has 0 radical (unpaired) electrons. The molecule has 0 saturated heterocycles. The number of alkyl halides is 3. The van der Waals surface area contributed by atoms with Gasteiger partial charge in [0.1, 0.15) is 0 Å². The molecule has 1 saturated carbocycles. The molecule has 2 N–H and O–H groups in total. The number of fused-ring (bicyclic) bond motifs is 1. The predicted molar refractivity (Wildman–Crippen MR) is 78.0 cm³/mol. The van der Waals surface area contributed by atoms with E-state index in [4.69, 9.17) is 0 Å². The highest BCUT2D eigenvalue weighted by atomic mass is 19.4. The minimum atomic E-state index is -4.76. The molecule has 0 amide bonds. The van der Waals surface area contributed by atoms with Crippen molar-refractivity contribution in [3.8, 4) is 0 Å². The predicted octanol–water partition coefficient (Wildman–Crippen LogP) is 3.47. The van der Waals surface area contributed by atoms with E-state index in [2.05, 4.69) is 5.10 Å². The van der Waals surface area contributed by atoms with E-state index in [1.165, 1.54) is 0 Å². The summed E-state index contributed by atoms with van der Waals surface area (Å²) in [4.78, 5) is 0. The van der Waals surface area contributed by atoms with Gasteiger partial charge in [-0.05, 0) is 36.5 Å². The van der Waals surface area contributed by atoms with Crippen LogP contribution in [0.25, 0.3) is 6.08 Å². The third-order valence-electron chi connectivity index (χ3n) is 4.27. The van der Waals surface area contributed by atoms with Crippen molar-refractivity contribution in [2.45, 2.75) is 37.6 Å². The first-order chi connectivity index (χ1) is 10.4. The van der Waals surface area contributed by atoms with Crippen LogP contribution < -0.4 is 5.43 Å². The molecule has 1 aromatic carbocycles. The summed E-state index contributed by atoms with van der Waals surface area (Å²) in [5.41, 5.74) is 1.000. The fraction of sp³-hybridized carbons (Fsp3) is 0.438. The van der Waals surface area contributed by atoms with Gasteiger partial charge in [0.05, 0.1) is 11.6 Å². The van der Waals surface area contributed by atoms with Gasteiger partial charge in [-0.1, -0.05) is 36.8 Å². The van der Waals surface area contributed by atoms with Crippen molar-refractivity contribution in [2.24, 2.45) is 11.0 Å². The highest BCUT2D eigenvalue weighted by Gasteiger charge is 2.63. The number of hydrogen-bond acceptors (Lipinski definition) is 3. The van der Waals surface area contributed by atoms with Gasteiger partial charge in [0.2, 0.25) is 0 Å². The smallest absolute Gasteiger partial charge is 0.362 e. The molecule has 2 atom stereocenters. The van der Waals surface area contributed by atoms with Crippen LogP contribution in [0.4, 0.5) is 13.2 Å². The number of hydrogen-bond donors (Lipinski definition) is 2. The third kappa shape index (κ3) is 2.52. The van der Waals surface area contributed by atoms with Crippen LogP contribution in [-0.4, -0.2) is 22.7 Å². The quantitative estimate of drug-likeness (QED) is 0.834. The van der Waals surface area contributed by atoms with Gasteiger partial charge in [0, 0.05) is 0 Å². The SMILES string of the molecule is O[C@]1(C(F)(F)F)NN=C2/C(=C/c3ccccc3)CCCC[C@H]21. The lowest BCUT2D eigenvalue weighted by molar-refractivity contribution is -0.281. The Morgan fingerprint density at radius 1 is 1.23 bits per heavy atom. The summed E-state index contributed by atoms with van der Waals surface area (Å²) in [5, 5.41) is 13.9. The Hall–Kier alpha value is -1.82. The average molecular weight is 310 g/mol. The number of benzene rings is 1. The van der Waals surface area contributed by atoms with Crippen molar-refractivity contribution in [3.63, 3.8) is 0 Å². The molecule has 1 heterocycles. The van der Waals surface area contributed by atoms with Gasteiger partial charge in [0.15, 0.2) is 0 Å². The largest absolute Gasteiger partial charge is 0.438 e. The first kappa shape index (κ1) is 15.1. The molecular weight excluding hydrogens is 293 g/mol. The van der Waals surface area contributed by atoms with Crippen LogP contribution in [0.3, 0.4) is 0 Å². The number of nitrogens with one attached hydrogen (secondary N) is 1. The topological polar surface area (TPSA) is 44.6 Å².